The van der Waals surface area contributed by atoms with E-state index >= 15 is 0 Å². The van der Waals surface area contributed by atoms with Gasteiger partial charge in [-0.2, -0.15) is 5.10 Å². The van der Waals surface area contributed by atoms with E-state index in [4.69, 9.17) is 5.73 Å². The van der Waals surface area contributed by atoms with Crippen molar-refractivity contribution in [3.05, 3.63) is 18.0 Å². The van der Waals surface area contributed by atoms with E-state index in [-0.39, 0.29) is 0 Å². The molecule has 0 aromatic carbocycles. The SMILES string of the molecule is Cn1cc(C(CN)N2CCC(N3CCCCC3)CC2)cn1. The Labute approximate surface area is 128 Å². The first-order valence-corrected chi connectivity index (χ1v) is 8.44. The van der Waals surface area contributed by atoms with Gasteiger partial charge in [-0.05, 0) is 38.8 Å². The van der Waals surface area contributed by atoms with E-state index in [0.717, 1.165) is 19.1 Å². The summed E-state index contributed by atoms with van der Waals surface area (Å²) in [7, 11) is 1.97. The van der Waals surface area contributed by atoms with Crippen molar-refractivity contribution in [3.63, 3.8) is 0 Å². The van der Waals surface area contributed by atoms with Crippen molar-refractivity contribution in [1.29, 1.82) is 0 Å². The van der Waals surface area contributed by atoms with E-state index in [0.29, 0.717) is 12.6 Å². The van der Waals surface area contributed by atoms with Gasteiger partial charge in [0.15, 0.2) is 0 Å². The first-order chi connectivity index (χ1) is 10.3. The molecule has 0 radical (unpaired) electrons. The molecule has 1 atom stereocenters. The number of rotatable bonds is 4. The third-order valence-corrected chi connectivity index (χ3v) is 5.18. The molecule has 21 heavy (non-hydrogen) atoms. The second-order valence-corrected chi connectivity index (χ2v) is 6.56. The predicted octanol–water partition coefficient (Wildman–Crippen LogP) is 1.37. The summed E-state index contributed by atoms with van der Waals surface area (Å²) in [5.41, 5.74) is 7.29. The molecule has 3 rings (SSSR count). The molecule has 2 fully saturated rings. The van der Waals surface area contributed by atoms with Crippen LogP contribution in [0.3, 0.4) is 0 Å². The number of hydrogen-bond donors (Lipinski definition) is 1. The van der Waals surface area contributed by atoms with Crippen LogP contribution in [0.1, 0.15) is 43.7 Å². The standard InChI is InChI=1S/C16H29N5/c1-19-13-14(12-18-19)16(11-17)21-9-5-15(6-10-21)20-7-3-2-4-8-20/h12-13,15-16H,2-11,17H2,1H3. The topological polar surface area (TPSA) is 50.3 Å². The third-order valence-electron chi connectivity index (χ3n) is 5.18. The number of aryl methyl sites for hydroxylation is 1. The maximum atomic E-state index is 6.03. The smallest absolute Gasteiger partial charge is 0.0538 e. The van der Waals surface area contributed by atoms with Crippen molar-refractivity contribution in [2.75, 3.05) is 32.7 Å². The normalized spacial score (nSPS) is 24.3. The summed E-state index contributed by atoms with van der Waals surface area (Å²) in [4.78, 5) is 5.28. The van der Waals surface area contributed by atoms with Crippen LogP contribution in [0.15, 0.2) is 12.4 Å². The fraction of sp³-hybridized carbons (Fsp3) is 0.812. The molecule has 0 bridgehead atoms. The Hall–Kier alpha value is -0.910. The average Bonchev–Trinajstić information content (AvgIpc) is 2.96. The first kappa shape index (κ1) is 15.0. The van der Waals surface area contributed by atoms with Gasteiger partial charge in [-0.3, -0.25) is 9.58 Å². The van der Waals surface area contributed by atoms with Crippen LogP contribution in [0.5, 0.6) is 0 Å². The second-order valence-electron chi connectivity index (χ2n) is 6.56. The van der Waals surface area contributed by atoms with Crippen LogP contribution in [-0.4, -0.2) is 58.3 Å². The number of piperidine rings is 2. The van der Waals surface area contributed by atoms with E-state index < -0.39 is 0 Å². The van der Waals surface area contributed by atoms with Gasteiger partial charge >= 0.3 is 0 Å². The van der Waals surface area contributed by atoms with Gasteiger partial charge in [0.25, 0.3) is 0 Å². The van der Waals surface area contributed by atoms with Gasteiger partial charge in [0.05, 0.1) is 12.2 Å². The molecule has 1 aromatic rings. The minimum Gasteiger partial charge on any atom is -0.329 e. The van der Waals surface area contributed by atoms with E-state index in [1.54, 1.807) is 0 Å². The molecule has 0 saturated carbocycles. The van der Waals surface area contributed by atoms with E-state index in [1.807, 2.05) is 17.9 Å². The zero-order valence-corrected chi connectivity index (χ0v) is 13.2. The molecule has 0 spiro atoms. The van der Waals surface area contributed by atoms with Crippen LogP contribution < -0.4 is 5.73 Å². The summed E-state index contributed by atoms with van der Waals surface area (Å²) >= 11 is 0. The second kappa shape index (κ2) is 6.90. The molecule has 118 valence electrons. The Morgan fingerprint density at radius 1 is 1.19 bits per heavy atom. The van der Waals surface area contributed by atoms with Crippen LogP contribution in [0.25, 0.3) is 0 Å². The first-order valence-electron chi connectivity index (χ1n) is 8.44. The highest BCUT2D eigenvalue weighted by molar-refractivity contribution is 5.11. The number of nitrogens with zero attached hydrogens (tertiary/aromatic N) is 4. The van der Waals surface area contributed by atoms with Gasteiger partial charge in [-0.1, -0.05) is 6.42 Å². The quantitative estimate of drug-likeness (QED) is 0.910. The molecule has 5 nitrogen and oxygen atoms in total. The lowest BCUT2D eigenvalue weighted by Crippen LogP contribution is -2.48. The lowest BCUT2D eigenvalue weighted by Gasteiger charge is -2.42. The molecule has 2 aliphatic rings. The average molecular weight is 291 g/mol. The van der Waals surface area contributed by atoms with Crippen molar-refractivity contribution in [3.8, 4) is 0 Å². The molecule has 0 amide bonds. The highest BCUT2D eigenvalue weighted by Gasteiger charge is 2.29. The molecule has 0 aliphatic carbocycles. The van der Waals surface area contributed by atoms with Gasteiger partial charge in [0.2, 0.25) is 0 Å². The molecule has 1 unspecified atom stereocenters. The lowest BCUT2D eigenvalue weighted by atomic mass is 9.97. The van der Waals surface area contributed by atoms with Crippen LogP contribution in [0.4, 0.5) is 0 Å². The van der Waals surface area contributed by atoms with Gasteiger partial charge in [-0.25, -0.2) is 0 Å². The molecule has 2 N–H and O–H groups in total. The van der Waals surface area contributed by atoms with E-state index in [1.165, 1.54) is 50.8 Å². The fourth-order valence-electron chi connectivity index (χ4n) is 3.95. The van der Waals surface area contributed by atoms with Gasteiger partial charge in [0, 0.05) is 44.5 Å². The third kappa shape index (κ3) is 3.47. The largest absolute Gasteiger partial charge is 0.329 e. The minimum absolute atomic E-state index is 0.334. The summed E-state index contributed by atoms with van der Waals surface area (Å²) < 4.78 is 1.87. The maximum absolute atomic E-state index is 6.03. The molecule has 5 heteroatoms. The maximum Gasteiger partial charge on any atom is 0.0538 e. The number of aromatic nitrogens is 2. The summed E-state index contributed by atoms with van der Waals surface area (Å²) in [6.07, 6.45) is 10.9. The zero-order chi connectivity index (χ0) is 14.7. The van der Waals surface area contributed by atoms with Crippen LogP contribution in [0.2, 0.25) is 0 Å². The number of hydrogen-bond acceptors (Lipinski definition) is 4. The highest BCUT2D eigenvalue weighted by atomic mass is 15.3. The van der Waals surface area contributed by atoms with Crippen molar-refractivity contribution in [2.24, 2.45) is 12.8 Å². The van der Waals surface area contributed by atoms with Crippen LogP contribution >= 0.6 is 0 Å². The molecule has 2 aliphatic heterocycles. The Kier molecular flexibility index (Phi) is 4.93. The van der Waals surface area contributed by atoms with Gasteiger partial charge in [-0.15, -0.1) is 0 Å². The van der Waals surface area contributed by atoms with E-state index in [2.05, 4.69) is 21.1 Å². The van der Waals surface area contributed by atoms with Gasteiger partial charge < -0.3 is 10.6 Å². The summed E-state index contributed by atoms with van der Waals surface area (Å²) in [6.45, 7) is 5.64. The van der Waals surface area contributed by atoms with Crippen LogP contribution in [0, 0.1) is 0 Å². The molecular weight excluding hydrogens is 262 g/mol. The summed E-state index contributed by atoms with van der Waals surface area (Å²) in [6, 6.07) is 1.13. The fourth-order valence-corrected chi connectivity index (χ4v) is 3.95. The zero-order valence-electron chi connectivity index (χ0n) is 13.2. The van der Waals surface area contributed by atoms with Crippen molar-refractivity contribution in [2.45, 2.75) is 44.2 Å². The van der Waals surface area contributed by atoms with E-state index in [9.17, 15) is 0 Å². The molecule has 1 aromatic heterocycles. The Morgan fingerprint density at radius 3 is 2.48 bits per heavy atom. The predicted molar refractivity (Wildman–Crippen MR) is 85.0 cm³/mol. The molecular formula is C16H29N5. The highest BCUT2D eigenvalue weighted by Crippen LogP contribution is 2.26. The Morgan fingerprint density at radius 2 is 1.90 bits per heavy atom. The Bertz CT molecular complexity index is 430. The van der Waals surface area contributed by atoms with Crippen LogP contribution in [-0.2, 0) is 7.05 Å². The van der Waals surface area contributed by atoms with Crippen molar-refractivity contribution >= 4 is 0 Å². The number of nitrogens with two attached hydrogens (primary N) is 1. The van der Waals surface area contributed by atoms with Gasteiger partial charge in [0.1, 0.15) is 0 Å². The summed E-state index contributed by atoms with van der Waals surface area (Å²) in [5, 5.41) is 4.29. The molecule has 3 heterocycles. The Balaban J connectivity index is 1.56. The molecule has 2 saturated heterocycles. The van der Waals surface area contributed by atoms with Crippen molar-refractivity contribution in [1.82, 2.24) is 19.6 Å². The number of likely N-dealkylation sites (tertiary alicyclic amines) is 2. The van der Waals surface area contributed by atoms with Crippen molar-refractivity contribution < 1.29 is 0 Å². The summed E-state index contributed by atoms with van der Waals surface area (Å²) in [5.74, 6) is 0. The lowest BCUT2D eigenvalue weighted by molar-refractivity contribution is 0.0736. The monoisotopic (exact) mass is 291 g/mol. The minimum atomic E-state index is 0.334.